The third-order valence-corrected chi connectivity index (χ3v) is 2.96. The lowest BCUT2D eigenvalue weighted by Crippen LogP contribution is -2.44. The molecule has 3 nitrogen and oxygen atoms in total. The number of halogens is 1. The molecule has 102 valence electrons. The zero-order valence-corrected chi connectivity index (χ0v) is 12.3. The number of nitrogens with one attached hydrogen (secondary N) is 1. The zero-order valence-electron chi connectivity index (χ0n) is 11.4. The summed E-state index contributed by atoms with van der Waals surface area (Å²) in [5.41, 5.74) is 8.11. The van der Waals surface area contributed by atoms with Crippen molar-refractivity contribution in [2.24, 2.45) is 11.7 Å². The van der Waals surface area contributed by atoms with E-state index in [1.54, 1.807) is 0 Å². The molecule has 0 unspecified atom stereocenters. The van der Waals surface area contributed by atoms with Crippen LogP contribution in [0.15, 0.2) is 24.3 Å². The first-order chi connectivity index (χ1) is 7.91. The van der Waals surface area contributed by atoms with Crippen LogP contribution in [0.25, 0.3) is 0 Å². The van der Waals surface area contributed by atoms with Gasteiger partial charge in [-0.2, -0.15) is 0 Å². The Hall–Kier alpha value is -1.06. The number of carbonyl (C=O) groups excluding carboxylic acids is 1. The van der Waals surface area contributed by atoms with Gasteiger partial charge in [0.1, 0.15) is 0 Å². The van der Waals surface area contributed by atoms with E-state index in [0.29, 0.717) is 0 Å². The van der Waals surface area contributed by atoms with Crippen molar-refractivity contribution < 1.29 is 4.79 Å². The fourth-order valence-electron chi connectivity index (χ4n) is 1.55. The van der Waals surface area contributed by atoms with Crippen molar-refractivity contribution in [2.75, 3.05) is 0 Å². The standard InChI is InChI=1S/C14H22N2O.ClH/c1-9(2)13(15)14(17)16-11(4)12-7-5-10(3)6-8-12;/h5-9,11,13H,15H2,1-4H3,(H,16,17);1H/t11-,13-;/m1./s1. The summed E-state index contributed by atoms with van der Waals surface area (Å²) < 4.78 is 0. The summed E-state index contributed by atoms with van der Waals surface area (Å²) in [5.74, 6) is 0.0632. The summed E-state index contributed by atoms with van der Waals surface area (Å²) in [6.45, 7) is 7.90. The molecule has 0 saturated heterocycles. The molecule has 0 fully saturated rings. The second-order valence-electron chi connectivity index (χ2n) is 4.91. The molecule has 3 N–H and O–H groups in total. The van der Waals surface area contributed by atoms with E-state index >= 15 is 0 Å². The minimum atomic E-state index is -0.442. The first-order valence-corrected chi connectivity index (χ1v) is 6.04. The van der Waals surface area contributed by atoms with Crippen LogP contribution in [0.4, 0.5) is 0 Å². The van der Waals surface area contributed by atoms with Gasteiger partial charge in [0.15, 0.2) is 0 Å². The van der Waals surface area contributed by atoms with E-state index < -0.39 is 6.04 Å². The predicted octanol–water partition coefficient (Wildman–Crippen LogP) is 2.58. The van der Waals surface area contributed by atoms with E-state index in [9.17, 15) is 4.79 Å². The normalized spacial score (nSPS) is 13.7. The number of aryl methyl sites for hydroxylation is 1. The monoisotopic (exact) mass is 270 g/mol. The fraction of sp³-hybridized carbons (Fsp3) is 0.500. The van der Waals surface area contributed by atoms with Gasteiger partial charge in [-0.1, -0.05) is 43.7 Å². The van der Waals surface area contributed by atoms with Gasteiger partial charge in [0.2, 0.25) is 5.91 Å². The Morgan fingerprint density at radius 2 is 1.67 bits per heavy atom. The Morgan fingerprint density at radius 1 is 1.17 bits per heavy atom. The van der Waals surface area contributed by atoms with E-state index in [4.69, 9.17) is 5.73 Å². The van der Waals surface area contributed by atoms with Crippen molar-refractivity contribution >= 4 is 18.3 Å². The second-order valence-corrected chi connectivity index (χ2v) is 4.91. The SMILES string of the molecule is Cc1ccc([C@@H](C)NC(=O)[C@H](N)C(C)C)cc1.Cl. The third kappa shape index (κ3) is 4.67. The molecule has 1 aromatic carbocycles. The lowest BCUT2D eigenvalue weighted by atomic mass is 10.0. The van der Waals surface area contributed by atoms with Crippen LogP contribution in [-0.4, -0.2) is 11.9 Å². The molecule has 0 aliphatic carbocycles. The highest BCUT2D eigenvalue weighted by atomic mass is 35.5. The van der Waals surface area contributed by atoms with Crippen LogP contribution in [0, 0.1) is 12.8 Å². The van der Waals surface area contributed by atoms with Crippen molar-refractivity contribution in [3.63, 3.8) is 0 Å². The largest absolute Gasteiger partial charge is 0.348 e. The Labute approximate surface area is 116 Å². The summed E-state index contributed by atoms with van der Waals surface area (Å²) in [6.07, 6.45) is 0. The summed E-state index contributed by atoms with van der Waals surface area (Å²) in [5, 5.41) is 2.93. The van der Waals surface area contributed by atoms with Crippen LogP contribution >= 0.6 is 12.4 Å². The first kappa shape index (κ1) is 16.9. The smallest absolute Gasteiger partial charge is 0.237 e. The van der Waals surface area contributed by atoms with Crippen LogP contribution in [0.1, 0.15) is 37.9 Å². The Balaban J connectivity index is 0.00000289. The minimum Gasteiger partial charge on any atom is -0.348 e. The number of carbonyl (C=O) groups is 1. The highest BCUT2D eigenvalue weighted by Crippen LogP contribution is 2.13. The number of nitrogens with two attached hydrogens (primary N) is 1. The molecule has 0 aromatic heterocycles. The fourth-order valence-corrected chi connectivity index (χ4v) is 1.55. The van der Waals surface area contributed by atoms with Gasteiger partial charge in [0.05, 0.1) is 12.1 Å². The van der Waals surface area contributed by atoms with Crippen molar-refractivity contribution in [1.29, 1.82) is 0 Å². The first-order valence-electron chi connectivity index (χ1n) is 6.04. The van der Waals surface area contributed by atoms with Gasteiger partial charge < -0.3 is 11.1 Å². The lowest BCUT2D eigenvalue weighted by Gasteiger charge is -2.20. The average Bonchev–Trinajstić information content (AvgIpc) is 2.28. The molecule has 4 heteroatoms. The molecule has 1 rings (SSSR count). The molecule has 1 amide bonds. The van der Waals surface area contributed by atoms with Gasteiger partial charge in [-0.15, -0.1) is 12.4 Å². The van der Waals surface area contributed by atoms with E-state index in [2.05, 4.69) is 5.32 Å². The summed E-state index contributed by atoms with van der Waals surface area (Å²) in [7, 11) is 0. The average molecular weight is 271 g/mol. The van der Waals surface area contributed by atoms with Gasteiger partial charge in [0.25, 0.3) is 0 Å². The molecular weight excluding hydrogens is 248 g/mol. The maximum atomic E-state index is 11.8. The molecule has 0 heterocycles. The zero-order chi connectivity index (χ0) is 13.0. The second kappa shape index (κ2) is 7.39. The van der Waals surface area contributed by atoms with Crippen molar-refractivity contribution in [3.8, 4) is 0 Å². The molecule has 18 heavy (non-hydrogen) atoms. The number of hydrogen-bond donors (Lipinski definition) is 2. The van der Waals surface area contributed by atoms with E-state index in [0.717, 1.165) is 5.56 Å². The molecule has 0 aliphatic heterocycles. The quantitative estimate of drug-likeness (QED) is 0.884. The van der Waals surface area contributed by atoms with Crippen LogP contribution in [0.5, 0.6) is 0 Å². The lowest BCUT2D eigenvalue weighted by molar-refractivity contribution is -0.123. The van der Waals surface area contributed by atoms with Crippen LogP contribution in [-0.2, 0) is 4.79 Å². The molecule has 0 bridgehead atoms. The van der Waals surface area contributed by atoms with E-state index in [1.807, 2.05) is 52.0 Å². The van der Waals surface area contributed by atoms with Crippen molar-refractivity contribution in [3.05, 3.63) is 35.4 Å². The van der Waals surface area contributed by atoms with Gasteiger partial charge in [0, 0.05) is 0 Å². The molecule has 0 aliphatic rings. The Kier molecular flexibility index (Phi) is 6.96. The molecule has 1 aromatic rings. The maximum absolute atomic E-state index is 11.8. The van der Waals surface area contributed by atoms with Crippen molar-refractivity contribution in [2.45, 2.75) is 39.8 Å². The Bertz CT molecular complexity index is 376. The molecular formula is C14H23ClN2O. The summed E-state index contributed by atoms with van der Waals surface area (Å²) >= 11 is 0. The van der Waals surface area contributed by atoms with Crippen LogP contribution in [0.3, 0.4) is 0 Å². The molecule has 0 spiro atoms. The molecule has 0 radical (unpaired) electrons. The Morgan fingerprint density at radius 3 is 2.11 bits per heavy atom. The van der Waals surface area contributed by atoms with E-state index in [-0.39, 0.29) is 30.3 Å². The summed E-state index contributed by atoms with van der Waals surface area (Å²) in [4.78, 5) is 11.8. The highest BCUT2D eigenvalue weighted by Gasteiger charge is 2.19. The minimum absolute atomic E-state index is 0. The molecule has 0 saturated carbocycles. The third-order valence-electron chi connectivity index (χ3n) is 2.96. The van der Waals surface area contributed by atoms with Crippen LogP contribution in [0.2, 0.25) is 0 Å². The predicted molar refractivity (Wildman–Crippen MR) is 77.8 cm³/mol. The number of amides is 1. The molecule has 2 atom stereocenters. The van der Waals surface area contributed by atoms with Gasteiger partial charge >= 0.3 is 0 Å². The van der Waals surface area contributed by atoms with Crippen molar-refractivity contribution in [1.82, 2.24) is 5.32 Å². The number of benzene rings is 1. The van der Waals surface area contributed by atoms with Gasteiger partial charge in [-0.25, -0.2) is 0 Å². The maximum Gasteiger partial charge on any atom is 0.237 e. The summed E-state index contributed by atoms with van der Waals surface area (Å²) in [6, 6.07) is 7.69. The van der Waals surface area contributed by atoms with E-state index in [1.165, 1.54) is 5.56 Å². The van der Waals surface area contributed by atoms with Crippen LogP contribution < -0.4 is 11.1 Å². The number of hydrogen-bond acceptors (Lipinski definition) is 2. The highest BCUT2D eigenvalue weighted by molar-refractivity contribution is 5.85. The number of rotatable bonds is 4. The van der Waals surface area contributed by atoms with Gasteiger partial charge in [-0.05, 0) is 25.3 Å². The topological polar surface area (TPSA) is 55.1 Å². The van der Waals surface area contributed by atoms with Gasteiger partial charge in [-0.3, -0.25) is 4.79 Å².